The molecule has 8 nitrogen and oxygen atoms in total. The van der Waals surface area contributed by atoms with Crippen molar-refractivity contribution in [3.05, 3.63) is 64.2 Å². The molecule has 1 saturated heterocycles. The van der Waals surface area contributed by atoms with Crippen LogP contribution in [0.3, 0.4) is 0 Å². The number of aliphatic hydroxyl groups is 1. The maximum Gasteiger partial charge on any atom is 0.429 e. The molecule has 1 heterocycles. The number of benzene rings is 2. The fourth-order valence-electron chi connectivity index (χ4n) is 4.81. The number of nitrogens with one attached hydrogen (secondary N) is 2. The molecule has 48 heavy (non-hydrogen) atoms. The normalized spacial score (nSPS) is 15.8. The number of amides is 3. The zero-order valence-electron chi connectivity index (χ0n) is 28.0. The van der Waals surface area contributed by atoms with Gasteiger partial charge in [0, 0.05) is 50.4 Å². The molecule has 1 aliphatic heterocycles. The van der Waals surface area contributed by atoms with Crippen molar-refractivity contribution in [1.29, 1.82) is 0 Å². The smallest absolute Gasteiger partial charge is 0.393 e. The number of rotatable bonds is 9. The Morgan fingerprint density at radius 3 is 1.90 bits per heavy atom. The highest BCUT2D eigenvalue weighted by atomic mass is 35.5. The minimum absolute atomic E-state index is 0.00745. The number of anilines is 1. The van der Waals surface area contributed by atoms with Gasteiger partial charge in [0.1, 0.15) is 0 Å². The molecule has 1 fully saturated rings. The van der Waals surface area contributed by atoms with E-state index in [1.54, 1.807) is 25.7 Å². The summed E-state index contributed by atoms with van der Waals surface area (Å²) in [6.07, 6.45) is -11.5. The maximum atomic E-state index is 14.4. The summed E-state index contributed by atoms with van der Waals surface area (Å²) in [6.45, 7) is 12.2. The van der Waals surface area contributed by atoms with E-state index in [0.29, 0.717) is 37.3 Å². The third kappa shape index (κ3) is 9.23. The molecule has 0 bridgehead atoms. The van der Waals surface area contributed by atoms with Crippen molar-refractivity contribution in [3.63, 3.8) is 0 Å². The summed E-state index contributed by atoms with van der Waals surface area (Å²) < 4.78 is 91.8. The number of hydrogen-bond acceptors (Lipinski definition) is 5. The van der Waals surface area contributed by atoms with Crippen LogP contribution >= 0.6 is 11.6 Å². The van der Waals surface area contributed by atoms with Crippen LogP contribution in [0.15, 0.2) is 42.5 Å². The van der Waals surface area contributed by atoms with Crippen molar-refractivity contribution < 1.29 is 45.5 Å². The zero-order chi connectivity index (χ0) is 36.5. The molecule has 3 N–H and O–H groups in total. The summed E-state index contributed by atoms with van der Waals surface area (Å²) in [5.74, 6) is -0.295. The van der Waals surface area contributed by atoms with E-state index in [2.05, 4.69) is 10.6 Å². The third-order valence-corrected chi connectivity index (χ3v) is 13.3. The van der Waals surface area contributed by atoms with E-state index in [-0.39, 0.29) is 29.7 Å². The van der Waals surface area contributed by atoms with E-state index < -0.39 is 48.5 Å². The van der Waals surface area contributed by atoms with Crippen LogP contribution in [-0.4, -0.2) is 85.8 Å². The van der Waals surface area contributed by atoms with Crippen molar-refractivity contribution in [2.45, 2.75) is 82.9 Å². The molecule has 0 atom stereocenters. The standard InChI is InChI=1S/C32H43ClF6N4O4Si/c1-28(2,3)48(6,7)47-30(31(34,35)36,32(37,38)39)23-11-8-21(9-12-23)19-42-14-16-43(17-15-42)26(44)22-10-13-25(24(33)18-22)41-27(45)40-20-29(4,5)46/h8-13,18,46H,14-17,19-20H2,1-7H3,(H2,40,41,45). The van der Waals surface area contributed by atoms with Gasteiger partial charge < -0.3 is 25.1 Å². The predicted octanol–water partition coefficient (Wildman–Crippen LogP) is 7.53. The lowest BCUT2D eigenvalue weighted by atomic mass is 9.91. The number of piperazine rings is 1. The summed E-state index contributed by atoms with van der Waals surface area (Å²) >= 11 is 6.30. The Morgan fingerprint density at radius 1 is 0.896 bits per heavy atom. The van der Waals surface area contributed by atoms with Gasteiger partial charge in [0.05, 0.1) is 16.3 Å². The average molecular weight is 725 g/mol. The molecule has 0 spiro atoms. The van der Waals surface area contributed by atoms with Crippen LogP contribution in [0.5, 0.6) is 0 Å². The van der Waals surface area contributed by atoms with Crippen molar-refractivity contribution in [2.24, 2.45) is 0 Å². The van der Waals surface area contributed by atoms with Gasteiger partial charge in [-0.05, 0) is 55.7 Å². The number of alkyl halides is 6. The molecule has 0 aliphatic carbocycles. The fraction of sp³-hybridized carbons (Fsp3) is 0.562. The Balaban J connectivity index is 1.67. The van der Waals surface area contributed by atoms with Gasteiger partial charge in [-0.15, -0.1) is 0 Å². The Bertz CT molecular complexity index is 1430. The van der Waals surface area contributed by atoms with Crippen LogP contribution in [0.2, 0.25) is 23.2 Å². The second-order valence-electron chi connectivity index (χ2n) is 14.1. The monoisotopic (exact) mass is 724 g/mol. The Hall–Kier alpha value is -2.85. The molecular weight excluding hydrogens is 682 g/mol. The van der Waals surface area contributed by atoms with Crippen LogP contribution in [0.25, 0.3) is 0 Å². The van der Waals surface area contributed by atoms with Gasteiger partial charge in [-0.2, -0.15) is 26.3 Å². The molecule has 0 saturated carbocycles. The van der Waals surface area contributed by atoms with E-state index in [1.165, 1.54) is 57.3 Å². The molecular formula is C32H43ClF6N4O4Si. The van der Waals surface area contributed by atoms with E-state index >= 15 is 0 Å². The van der Waals surface area contributed by atoms with Crippen LogP contribution < -0.4 is 10.6 Å². The van der Waals surface area contributed by atoms with Crippen LogP contribution in [0.1, 0.15) is 56.1 Å². The third-order valence-electron chi connectivity index (χ3n) is 8.58. The first-order valence-corrected chi connectivity index (χ1v) is 18.6. The molecule has 3 rings (SSSR count). The first-order chi connectivity index (χ1) is 21.8. The van der Waals surface area contributed by atoms with Crippen molar-refractivity contribution in [3.8, 4) is 0 Å². The van der Waals surface area contributed by atoms with Gasteiger partial charge in [-0.25, -0.2) is 4.79 Å². The highest BCUT2D eigenvalue weighted by Crippen LogP contribution is 2.56. The molecule has 0 unspecified atom stereocenters. The number of nitrogens with zero attached hydrogens (tertiary/aromatic N) is 2. The summed E-state index contributed by atoms with van der Waals surface area (Å²) in [6, 6.07) is 8.02. The minimum Gasteiger partial charge on any atom is -0.393 e. The number of carbonyl (C=O) groups is 2. The van der Waals surface area contributed by atoms with Gasteiger partial charge in [-0.1, -0.05) is 56.6 Å². The summed E-state index contributed by atoms with van der Waals surface area (Å²) in [4.78, 5) is 28.8. The second kappa shape index (κ2) is 14.2. The Morgan fingerprint density at radius 2 is 1.44 bits per heavy atom. The molecule has 268 valence electrons. The highest BCUT2D eigenvalue weighted by molar-refractivity contribution is 6.74. The lowest BCUT2D eigenvalue weighted by Gasteiger charge is -2.46. The molecule has 2 aromatic rings. The number of urea groups is 1. The predicted molar refractivity (Wildman–Crippen MR) is 174 cm³/mol. The maximum absolute atomic E-state index is 14.4. The largest absolute Gasteiger partial charge is 0.429 e. The number of halogens is 7. The summed E-state index contributed by atoms with van der Waals surface area (Å²) in [7, 11) is -3.57. The zero-order valence-corrected chi connectivity index (χ0v) is 29.8. The number of carbonyl (C=O) groups excluding carboxylic acids is 2. The van der Waals surface area contributed by atoms with Crippen LogP contribution in [0.4, 0.5) is 36.8 Å². The molecule has 0 aromatic heterocycles. The topological polar surface area (TPSA) is 94.1 Å². The lowest BCUT2D eigenvalue weighted by Crippen LogP contribution is -2.62. The highest BCUT2D eigenvalue weighted by Gasteiger charge is 2.75. The van der Waals surface area contributed by atoms with Crippen molar-refractivity contribution in [2.75, 3.05) is 38.0 Å². The van der Waals surface area contributed by atoms with Crippen LogP contribution in [0, 0.1) is 0 Å². The van der Waals surface area contributed by atoms with Crippen LogP contribution in [-0.2, 0) is 16.6 Å². The quantitative estimate of drug-likeness (QED) is 0.184. The van der Waals surface area contributed by atoms with Gasteiger partial charge in [0.15, 0.2) is 8.32 Å². The van der Waals surface area contributed by atoms with Gasteiger partial charge >= 0.3 is 18.4 Å². The first kappa shape index (κ1) is 39.6. The molecule has 2 aromatic carbocycles. The lowest BCUT2D eigenvalue weighted by molar-refractivity contribution is -0.369. The summed E-state index contributed by atoms with van der Waals surface area (Å²) in [5, 5.41) is 14.0. The first-order valence-electron chi connectivity index (χ1n) is 15.3. The van der Waals surface area contributed by atoms with Gasteiger partial charge in [0.25, 0.3) is 11.5 Å². The summed E-state index contributed by atoms with van der Waals surface area (Å²) in [5.41, 5.74) is -5.54. The minimum atomic E-state index is -5.77. The van der Waals surface area contributed by atoms with Crippen molar-refractivity contribution >= 4 is 37.5 Å². The number of hydrogen-bond donors (Lipinski definition) is 3. The van der Waals surface area contributed by atoms with Gasteiger partial charge in [-0.3, -0.25) is 9.69 Å². The van der Waals surface area contributed by atoms with E-state index in [1.807, 2.05) is 4.90 Å². The van der Waals surface area contributed by atoms with Crippen molar-refractivity contribution in [1.82, 2.24) is 15.1 Å². The van der Waals surface area contributed by atoms with E-state index in [9.17, 15) is 41.0 Å². The van der Waals surface area contributed by atoms with E-state index in [4.69, 9.17) is 16.0 Å². The molecule has 16 heteroatoms. The Kier molecular flexibility index (Phi) is 11.7. The average Bonchev–Trinajstić information content (AvgIpc) is 2.94. The second-order valence-corrected chi connectivity index (χ2v) is 19.3. The fourth-order valence-corrected chi connectivity index (χ4v) is 6.45. The van der Waals surface area contributed by atoms with E-state index in [0.717, 1.165) is 12.1 Å². The molecule has 1 aliphatic rings. The Labute approximate surface area is 282 Å². The molecule has 3 amide bonds. The van der Waals surface area contributed by atoms with Gasteiger partial charge in [0.2, 0.25) is 0 Å². The SMILES string of the molecule is CC(C)(O)CNC(=O)Nc1ccc(C(=O)N2CCN(Cc3ccc(C(O[Si](C)(C)C(C)(C)C)(C(F)(F)F)C(F)(F)F)cc3)CC2)cc1Cl. The molecule has 0 radical (unpaired) electrons.